The fourth-order valence-electron chi connectivity index (χ4n) is 3.96. The van der Waals surface area contributed by atoms with Gasteiger partial charge in [0.05, 0.1) is 0 Å². The van der Waals surface area contributed by atoms with Gasteiger partial charge >= 0.3 is 0 Å². The van der Waals surface area contributed by atoms with Crippen molar-refractivity contribution in [2.24, 2.45) is 0 Å². The van der Waals surface area contributed by atoms with Crippen LogP contribution in [0.5, 0.6) is 23.0 Å². The molecule has 0 saturated carbocycles. The smallest absolute Gasteiger partial charge is 0.251 e. The highest BCUT2D eigenvalue weighted by Crippen LogP contribution is 2.40. The lowest BCUT2D eigenvalue weighted by Gasteiger charge is -2.28. The van der Waals surface area contributed by atoms with Gasteiger partial charge in [0.1, 0.15) is 18.1 Å². The number of phenolic OH excluding ortho intramolecular Hbond substituents is 1. The van der Waals surface area contributed by atoms with E-state index in [1.54, 1.807) is 0 Å². The maximum absolute atomic E-state index is 12.9. The number of hydrogen-bond donors (Lipinski definition) is 2. The van der Waals surface area contributed by atoms with Crippen LogP contribution < -0.4 is 19.5 Å². The molecule has 0 unspecified atom stereocenters. The zero-order valence-corrected chi connectivity index (χ0v) is 22.2. The molecule has 1 aliphatic heterocycles. The molecule has 3 rings (SSSR count). The second kappa shape index (κ2) is 10.8. The van der Waals surface area contributed by atoms with Gasteiger partial charge in [-0.05, 0) is 55.1 Å². The van der Waals surface area contributed by atoms with Gasteiger partial charge in [-0.15, -0.1) is 0 Å². The Hall–Kier alpha value is -2.93. The first kappa shape index (κ1) is 26.7. The molecule has 0 aromatic heterocycles. The molecule has 0 fully saturated rings. The third-order valence-electron chi connectivity index (χ3n) is 6.08. The predicted molar refractivity (Wildman–Crippen MR) is 138 cm³/mol. The van der Waals surface area contributed by atoms with Crippen LogP contribution in [0, 0.1) is 0 Å². The fourth-order valence-corrected chi connectivity index (χ4v) is 3.96. The van der Waals surface area contributed by atoms with Crippen LogP contribution in [-0.4, -0.2) is 56.0 Å². The van der Waals surface area contributed by atoms with Crippen LogP contribution in [0.2, 0.25) is 0 Å². The number of amides is 1. The minimum atomic E-state index is -0.272. The molecule has 0 saturated heterocycles. The number of ether oxygens (including phenoxy) is 3. The Morgan fingerprint density at radius 1 is 1.00 bits per heavy atom. The molecule has 0 atom stereocenters. The highest BCUT2D eigenvalue weighted by Gasteiger charge is 2.27. The first-order valence-electron chi connectivity index (χ1n) is 12.2. The lowest BCUT2D eigenvalue weighted by molar-refractivity contribution is 0.0951. The standard InChI is InChI=1S/C28H40N2O5/c1-27(2,3)21-15-19(16-22(25(21)31)28(4,5)6)26(32)29-11-8-12-30(7)13-14-33-20-9-10-23-24(17-20)35-18-34-23/h9-10,15-17,31H,8,11-14,18H2,1-7H3,(H,29,32). The number of benzene rings is 2. The van der Waals surface area contributed by atoms with Crippen molar-refractivity contribution in [2.45, 2.75) is 58.8 Å². The molecule has 2 N–H and O–H groups in total. The van der Waals surface area contributed by atoms with Crippen molar-refractivity contribution in [3.8, 4) is 23.0 Å². The maximum Gasteiger partial charge on any atom is 0.251 e. The molecule has 0 radical (unpaired) electrons. The van der Waals surface area contributed by atoms with Crippen molar-refractivity contribution in [1.82, 2.24) is 10.2 Å². The zero-order chi connectivity index (χ0) is 25.8. The molecule has 7 nitrogen and oxygen atoms in total. The average Bonchev–Trinajstić information content (AvgIpc) is 3.23. The number of likely N-dealkylation sites (N-methyl/N-ethyl adjacent to an activating group) is 1. The number of nitrogens with zero attached hydrogens (tertiary/aromatic N) is 1. The summed E-state index contributed by atoms with van der Waals surface area (Å²) < 4.78 is 16.5. The van der Waals surface area contributed by atoms with Gasteiger partial charge in [-0.1, -0.05) is 41.5 Å². The summed E-state index contributed by atoms with van der Waals surface area (Å²) in [4.78, 5) is 15.1. The van der Waals surface area contributed by atoms with Gasteiger partial charge in [0.15, 0.2) is 11.5 Å². The quantitative estimate of drug-likeness (QED) is 0.496. The summed E-state index contributed by atoms with van der Waals surface area (Å²) in [5.41, 5.74) is 1.62. The summed E-state index contributed by atoms with van der Waals surface area (Å²) in [6, 6.07) is 9.21. The molecule has 0 bridgehead atoms. The molecule has 2 aromatic carbocycles. The summed E-state index contributed by atoms with van der Waals surface area (Å²) >= 11 is 0. The maximum atomic E-state index is 12.9. The number of carbonyl (C=O) groups is 1. The van der Waals surface area contributed by atoms with Gasteiger partial charge in [-0.2, -0.15) is 0 Å². The van der Waals surface area contributed by atoms with Crippen LogP contribution in [0.25, 0.3) is 0 Å². The number of nitrogens with one attached hydrogen (secondary N) is 1. The van der Waals surface area contributed by atoms with Crippen LogP contribution >= 0.6 is 0 Å². The molecular formula is C28H40N2O5. The van der Waals surface area contributed by atoms with Crippen molar-refractivity contribution in [3.63, 3.8) is 0 Å². The highest BCUT2D eigenvalue weighted by atomic mass is 16.7. The van der Waals surface area contributed by atoms with E-state index in [0.29, 0.717) is 24.5 Å². The van der Waals surface area contributed by atoms with Crippen LogP contribution in [-0.2, 0) is 10.8 Å². The molecule has 1 aliphatic rings. The van der Waals surface area contributed by atoms with Gasteiger partial charge in [-0.3, -0.25) is 4.79 Å². The van der Waals surface area contributed by atoms with Gasteiger partial charge in [0.25, 0.3) is 5.91 Å². The number of aromatic hydroxyl groups is 1. The van der Waals surface area contributed by atoms with E-state index in [4.69, 9.17) is 14.2 Å². The largest absolute Gasteiger partial charge is 0.507 e. The van der Waals surface area contributed by atoms with Crippen LogP contribution in [0.15, 0.2) is 30.3 Å². The fraction of sp³-hybridized carbons (Fsp3) is 0.536. The summed E-state index contributed by atoms with van der Waals surface area (Å²) in [5.74, 6) is 2.38. The molecule has 35 heavy (non-hydrogen) atoms. The van der Waals surface area contributed by atoms with Crippen molar-refractivity contribution < 1.29 is 24.1 Å². The number of carbonyl (C=O) groups excluding carboxylic acids is 1. The molecular weight excluding hydrogens is 444 g/mol. The van der Waals surface area contributed by atoms with Crippen molar-refractivity contribution in [2.75, 3.05) is 40.1 Å². The molecule has 0 spiro atoms. The molecule has 0 aliphatic carbocycles. The monoisotopic (exact) mass is 484 g/mol. The van der Waals surface area contributed by atoms with E-state index in [1.807, 2.05) is 78.9 Å². The van der Waals surface area contributed by atoms with Crippen molar-refractivity contribution in [1.29, 1.82) is 0 Å². The van der Waals surface area contributed by atoms with Gasteiger partial charge in [-0.25, -0.2) is 0 Å². The average molecular weight is 485 g/mol. The van der Waals surface area contributed by atoms with E-state index in [9.17, 15) is 9.90 Å². The lowest BCUT2D eigenvalue weighted by Crippen LogP contribution is -2.30. The SMILES string of the molecule is CN(CCCNC(=O)c1cc(C(C)(C)C)c(O)c(C(C)(C)C)c1)CCOc1ccc2c(c1)OCO2. The van der Waals surface area contributed by atoms with Gasteiger partial charge in [0, 0.05) is 35.8 Å². The van der Waals surface area contributed by atoms with E-state index in [2.05, 4.69) is 10.2 Å². The molecule has 192 valence electrons. The Kier molecular flexibility index (Phi) is 8.21. The summed E-state index contributed by atoms with van der Waals surface area (Å²) in [6.07, 6.45) is 0.822. The molecule has 7 heteroatoms. The second-order valence-electron chi connectivity index (χ2n) is 11.2. The lowest BCUT2D eigenvalue weighted by atomic mass is 9.78. The third kappa shape index (κ3) is 7.04. The summed E-state index contributed by atoms with van der Waals surface area (Å²) in [7, 11) is 2.04. The number of rotatable bonds is 9. The zero-order valence-electron chi connectivity index (χ0n) is 22.2. The van der Waals surface area contributed by atoms with Crippen molar-refractivity contribution >= 4 is 5.91 Å². The third-order valence-corrected chi connectivity index (χ3v) is 6.08. The topological polar surface area (TPSA) is 80.3 Å². The Morgan fingerprint density at radius 2 is 1.63 bits per heavy atom. The van der Waals surface area contributed by atoms with Crippen LogP contribution in [0.1, 0.15) is 69.4 Å². The number of fused-ring (bicyclic) bond motifs is 1. The van der Waals surface area contributed by atoms with E-state index in [1.165, 1.54) is 0 Å². The van der Waals surface area contributed by atoms with E-state index in [0.717, 1.165) is 42.1 Å². The minimum Gasteiger partial charge on any atom is -0.507 e. The Bertz CT molecular complexity index is 1000. The van der Waals surface area contributed by atoms with Crippen LogP contribution in [0.4, 0.5) is 0 Å². The normalized spacial score (nSPS) is 13.3. The van der Waals surface area contributed by atoms with E-state index >= 15 is 0 Å². The Balaban J connectivity index is 1.46. The minimum absolute atomic E-state index is 0.116. The van der Waals surface area contributed by atoms with Crippen molar-refractivity contribution in [3.05, 3.63) is 47.0 Å². The van der Waals surface area contributed by atoms with E-state index in [-0.39, 0.29) is 29.3 Å². The molecule has 1 amide bonds. The molecule has 2 aromatic rings. The van der Waals surface area contributed by atoms with E-state index < -0.39 is 0 Å². The first-order chi connectivity index (χ1) is 16.4. The van der Waals surface area contributed by atoms with Crippen LogP contribution in [0.3, 0.4) is 0 Å². The summed E-state index contributed by atoms with van der Waals surface area (Å²) in [6.45, 7) is 15.2. The van der Waals surface area contributed by atoms with Gasteiger partial charge < -0.3 is 29.5 Å². The number of hydrogen-bond acceptors (Lipinski definition) is 6. The summed E-state index contributed by atoms with van der Waals surface area (Å²) in [5, 5.41) is 13.9. The predicted octanol–water partition coefficient (Wildman–Crippen LogP) is 4.85. The number of phenols is 1. The highest BCUT2D eigenvalue weighted by molar-refractivity contribution is 5.95. The van der Waals surface area contributed by atoms with Gasteiger partial charge in [0.2, 0.25) is 6.79 Å². The Labute approximate surface area is 209 Å². The first-order valence-corrected chi connectivity index (χ1v) is 12.2. The second-order valence-corrected chi connectivity index (χ2v) is 11.2. The molecule has 1 heterocycles. The Morgan fingerprint density at radius 3 is 2.26 bits per heavy atom.